The van der Waals surface area contributed by atoms with E-state index in [4.69, 9.17) is 16.6 Å². The van der Waals surface area contributed by atoms with E-state index in [1.807, 2.05) is 18.2 Å². The second-order valence-electron chi connectivity index (χ2n) is 4.71. The molecule has 1 aromatic heterocycles. The van der Waals surface area contributed by atoms with Gasteiger partial charge < -0.3 is 0 Å². The smallest absolute Gasteiger partial charge is 0.0973 e. The van der Waals surface area contributed by atoms with Crippen molar-refractivity contribution < 1.29 is 0 Å². The molecule has 20 heavy (non-hydrogen) atoms. The first kappa shape index (κ1) is 13.5. The predicted molar refractivity (Wildman–Crippen MR) is 87.5 cm³/mol. The lowest BCUT2D eigenvalue weighted by Gasteiger charge is -2.06. The number of aryl methyl sites for hydroxylation is 1. The standard InChI is InChI=1S/C17H14ClNS/c1-12-10-17(19-16-5-3-2-4-15(12)16)20-11-13-6-8-14(18)9-7-13/h2-10H,11H2,1H3. The van der Waals surface area contributed by atoms with Gasteiger partial charge in [0.15, 0.2) is 0 Å². The fraction of sp³-hybridized carbons (Fsp3) is 0.118. The van der Waals surface area contributed by atoms with E-state index in [-0.39, 0.29) is 0 Å². The number of nitrogens with zero attached hydrogens (tertiary/aromatic N) is 1. The molecule has 0 amide bonds. The van der Waals surface area contributed by atoms with Crippen LogP contribution < -0.4 is 0 Å². The first-order valence-corrected chi connectivity index (χ1v) is 7.82. The molecule has 0 aliphatic heterocycles. The van der Waals surface area contributed by atoms with Crippen LogP contribution in [0.1, 0.15) is 11.1 Å². The number of aromatic nitrogens is 1. The molecule has 0 aliphatic carbocycles. The van der Waals surface area contributed by atoms with E-state index in [0.29, 0.717) is 0 Å². The van der Waals surface area contributed by atoms with Crippen molar-refractivity contribution >= 4 is 34.3 Å². The van der Waals surface area contributed by atoms with Gasteiger partial charge in [-0.25, -0.2) is 4.98 Å². The monoisotopic (exact) mass is 299 g/mol. The Morgan fingerprint density at radius 3 is 2.60 bits per heavy atom. The van der Waals surface area contributed by atoms with E-state index >= 15 is 0 Å². The highest BCUT2D eigenvalue weighted by Crippen LogP contribution is 2.26. The van der Waals surface area contributed by atoms with Crippen LogP contribution in [0.4, 0.5) is 0 Å². The summed E-state index contributed by atoms with van der Waals surface area (Å²) in [4.78, 5) is 4.71. The molecule has 3 aromatic rings. The minimum atomic E-state index is 0.776. The van der Waals surface area contributed by atoms with Crippen molar-refractivity contribution in [2.24, 2.45) is 0 Å². The third-order valence-corrected chi connectivity index (χ3v) is 4.43. The van der Waals surface area contributed by atoms with Crippen molar-refractivity contribution in [1.29, 1.82) is 0 Å². The summed E-state index contributed by atoms with van der Waals surface area (Å²) in [7, 11) is 0. The van der Waals surface area contributed by atoms with Crippen molar-refractivity contribution in [2.45, 2.75) is 17.7 Å². The highest BCUT2D eigenvalue weighted by atomic mass is 35.5. The van der Waals surface area contributed by atoms with Gasteiger partial charge >= 0.3 is 0 Å². The maximum absolute atomic E-state index is 5.90. The molecule has 0 N–H and O–H groups in total. The maximum Gasteiger partial charge on any atom is 0.0973 e. The van der Waals surface area contributed by atoms with Crippen molar-refractivity contribution in [3.63, 3.8) is 0 Å². The minimum absolute atomic E-state index is 0.776. The lowest BCUT2D eigenvalue weighted by molar-refractivity contribution is 1.16. The summed E-state index contributed by atoms with van der Waals surface area (Å²) in [5.74, 6) is 0.905. The molecule has 2 aromatic carbocycles. The van der Waals surface area contributed by atoms with E-state index in [9.17, 15) is 0 Å². The molecular weight excluding hydrogens is 286 g/mol. The lowest BCUT2D eigenvalue weighted by Crippen LogP contribution is -1.87. The number of benzene rings is 2. The van der Waals surface area contributed by atoms with Gasteiger partial charge in [0.1, 0.15) is 0 Å². The van der Waals surface area contributed by atoms with Crippen LogP contribution in [-0.4, -0.2) is 4.98 Å². The summed E-state index contributed by atoms with van der Waals surface area (Å²) < 4.78 is 0. The molecule has 0 bridgehead atoms. The Morgan fingerprint density at radius 2 is 1.80 bits per heavy atom. The highest BCUT2D eigenvalue weighted by molar-refractivity contribution is 7.98. The van der Waals surface area contributed by atoms with Gasteiger partial charge in [0.2, 0.25) is 0 Å². The van der Waals surface area contributed by atoms with Crippen LogP contribution in [0.25, 0.3) is 10.9 Å². The van der Waals surface area contributed by atoms with Gasteiger partial charge in [-0.3, -0.25) is 0 Å². The van der Waals surface area contributed by atoms with E-state index in [0.717, 1.165) is 21.3 Å². The topological polar surface area (TPSA) is 12.9 Å². The molecule has 1 heterocycles. The Bertz CT molecular complexity index is 738. The molecule has 3 heteroatoms. The summed E-state index contributed by atoms with van der Waals surface area (Å²) in [6.07, 6.45) is 0. The van der Waals surface area contributed by atoms with Crippen molar-refractivity contribution in [1.82, 2.24) is 4.98 Å². The van der Waals surface area contributed by atoms with Crippen molar-refractivity contribution in [3.05, 3.63) is 70.7 Å². The van der Waals surface area contributed by atoms with Gasteiger partial charge in [0, 0.05) is 16.2 Å². The number of thioether (sulfide) groups is 1. The lowest BCUT2D eigenvalue weighted by atomic mass is 10.1. The zero-order chi connectivity index (χ0) is 13.9. The second-order valence-corrected chi connectivity index (χ2v) is 6.14. The van der Waals surface area contributed by atoms with Gasteiger partial charge in [-0.15, -0.1) is 11.8 Å². The zero-order valence-electron chi connectivity index (χ0n) is 11.1. The van der Waals surface area contributed by atoms with Crippen LogP contribution in [0, 0.1) is 6.92 Å². The fourth-order valence-electron chi connectivity index (χ4n) is 2.13. The first-order chi connectivity index (χ1) is 9.72. The minimum Gasteiger partial charge on any atom is -0.241 e. The summed E-state index contributed by atoms with van der Waals surface area (Å²) in [5, 5.41) is 3.07. The molecule has 3 rings (SSSR count). The van der Waals surface area contributed by atoms with E-state index in [1.54, 1.807) is 11.8 Å². The predicted octanol–water partition coefficient (Wildman–Crippen LogP) is 5.49. The summed E-state index contributed by atoms with van der Waals surface area (Å²) >= 11 is 7.65. The number of fused-ring (bicyclic) bond motifs is 1. The van der Waals surface area contributed by atoms with Crippen molar-refractivity contribution in [2.75, 3.05) is 0 Å². The number of pyridine rings is 1. The molecule has 0 fully saturated rings. The normalized spacial score (nSPS) is 10.9. The molecule has 1 nitrogen and oxygen atoms in total. The van der Waals surface area contributed by atoms with E-state index in [2.05, 4.69) is 43.3 Å². The molecule has 0 aliphatic rings. The molecular formula is C17H14ClNS. The van der Waals surface area contributed by atoms with Gasteiger partial charge in [-0.05, 0) is 42.3 Å². The average Bonchev–Trinajstić information content (AvgIpc) is 2.47. The summed E-state index contributed by atoms with van der Waals surface area (Å²) in [6.45, 7) is 2.14. The number of halogens is 1. The zero-order valence-corrected chi connectivity index (χ0v) is 12.7. The third-order valence-electron chi connectivity index (χ3n) is 3.20. The quantitative estimate of drug-likeness (QED) is 0.593. The fourth-order valence-corrected chi connectivity index (χ4v) is 3.19. The number of rotatable bonds is 3. The molecule has 100 valence electrons. The number of hydrogen-bond acceptors (Lipinski definition) is 2. The van der Waals surface area contributed by atoms with Crippen LogP contribution in [-0.2, 0) is 5.75 Å². The Morgan fingerprint density at radius 1 is 1.05 bits per heavy atom. The Labute approximate surface area is 128 Å². The molecule has 0 radical (unpaired) electrons. The molecule has 0 saturated heterocycles. The van der Waals surface area contributed by atoms with Gasteiger partial charge in [-0.1, -0.05) is 41.9 Å². The van der Waals surface area contributed by atoms with Crippen LogP contribution in [0.3, 0.4) is 0 Å². The number of para-hydroxylation sites is 1. The molecule has 0 spiro atoms. The van der Waals surface area contributed by atoms with Gasteiger partial charge in [0.05, 0.1) is 10.5 Å². The van der Waals surface area contributed by atoms with Crippen LogP contribution in [0.5, 0.6) is 0 Å². The summed E-state index contributed by atoms with van der Waals surface area (Å²) in [6, 6.07) is 18.4. The SMILES string of the molecule is Cc1cc(SCc2ccc(Cl)cc2)nc2ccccc12. The van der Waals surface area contributed by atoms with Gasteiger partial charge in [0.25, 0.3) is 0 Å². The second kappa shape index (κ2) is 5.86. The maximum atomic E-state index is 5.90. The van der Waals surface area contributed by atoms with E-state index in [1.165, 1.54) is 16.5 Å². The van der Waals surface area contributed by atoms with Crippen LogP contribution >= 0.6 is 23.4 Å². The summed E-state index contributed by atoms with van der Waals surface area (Å²) in [5.41, 5.74) is 3.59. The average molecular weight is 300 g/mol. The molecule has 0 saturated carbocycles. The number of hydrogen-bond donors (Lipinski definition) is 0. The third kappa shape index (κ3) is 2.97. The Balaban J connectivity index is 1.82. The Kier molecular flexibility index (Phi) is 3.95. The molecule has 0 unspecified atom stereocenters. The molecule has 0 atom stereocenters. The van der Waals surface area contributed by atoms with Crippen LogP contribution in [0.15, 0.2) is 59.6 Å². The van der Waals surface area contributed by atoms with E-state index < -0.39 is 0 Å². The van der Waals surface area contributed by atoms with Crippen LogP contribution in [0.2, 0.25) is 5.02 Å². The largest absolute Gasteiger partial charge is 0.241 e. The first-order valence-electron chi connectivity index (χ1n) is 6.46. The van der Waals surface area contributed by atoms with Crippen molar-refractivity contribution in [3.8, 4) is 0 Å². The van der Waals surface area contributed by atoms with Gasteiger partial charge in [-0.2, -0.15) is 0 Å². The highest BCUT2D eigenvalue weighted by Gasteiger charge is 2.03. The Hall–Kier alpha value is -1.51.